The van der Waals surface area contributed by atoms with Gasteiger partial charge in [-0.2, -0.15) is 5.10 Å². The lowest BCUT2D eigenvalue weighted by Gasteiger charge is -2.09. The molecule has 0 radical (unpaired) electrons. The van der Waals surface area contributed by atoms with Crippen LogP contribution in [0.1, 0.15) is 34.6 Å². The highest BCUT2D eigenvalue weighted by atomic mass is 79.9. The molecular formula is C17H18BrN5O3. The Morgan fingerprint density at radius 2 is 1.73 bits per heavy atom. The Morgan fingerprint density at radius 1 is 1.08 bits per heavy atom. The average Bonchev–Trinajstić information content (AvgIpc) is 3.42. The van der Waals surface area contributed by atoms with Crippen molar-refractivity contribution in [1.29, 1.82) is 0 Å². The fraction of sp³-hybridized carbons (Fsp3) is 0.294. The summed E-state index contributed by atoms with van der Waals surface area (Å²) in [5.41, 5.74) is 7.31. The third-order valence-corrected chi connectivity index (χ3v) is 5.13. The highest BCUT2D eigenvalue weighted by Gasteiger charge is 2.26. The largest absolute Gasteiger partial charge is 0.345 e. The van der Waals surface area contributed by atoms with E-state index in [-0.39, 0.29) is 6.04 Å². The second-order valence-electron chi connectivity index (χ2n) is 6.10. The summed E-state index contributed by atoms with van der Waals surface area (Å²) in [6.07, 6.45) is 1.76. The number of benzene rings is 1. The summed E-state index contributed by atoms with van der Waals surface area (Å²) in [5, 5.41) is 6.97. The van der Waals surface area contributed by atoms with Crippen molar-refractivity contribution in [1.82, 2.24) is 25.9 Å². The molecule has 3 rings (SSSR count). The molecular weight excluding hydrogens is 402 g/mol. The van der Waals surface area contributed by atoms with Gasteiger partial charge in [0.2, 0.25) is 0 Å². The first-order valence-corrected chi connectivity index (χ1v) is 8.89. The molecule has 1 aromatic carbocycles. The Kier molecular flexibility index (Phi) is 5.08. The minimum atomic E-state index is -0.894. The molecule has 3 N–H and O–H groups in total. The normalized spacial score (nSPS) is 13.2. The van der Waals surface area contributed by atoms with Gasteiger partial charge in [-0.1, -0.05) is 0 Å². The number of carbonyl (C=O) groups excluding carboxylic acids is 3. The SMILES string of the molecule is Cc1nn(-c2ccc(C(=O)NNC(=O)C(=O)NC3CC3)cc2)c(C)c1Br. The lowest BCUT2D eigenvalue weighted by Crippen LogP contribution is -2.48. The van der Waals surface area contributed by atoms with E-state index >= 15 is 0 Å². The number of aryl methyl sites for hydroxylation is 1. The van der Waals surface area contributed by atoms with E-state index in [9.17, 15) is 14.4 Å². The standard InChI is InChI=1S/C17H18BrN5O3/c1-9-14(18)10(2)23(22-9)13-7-3-11(4-8-13)15(24)20-21-17(26)16(25)19-12-5-6-12/h3-4,7-8,12H,5-6H2,1-2H3,(H,19,25)(H,20,24)(H,21,26). The van der Waals surface area contributed by atoms with Gasteiger partial charge in [-0.05, 0) is 66.9 Å². The van der Waals surface area contributed by atoms with Crippen LogP contribution in [0.2, 0.25) is 0 Å². The summed E-state index contributed by atoms with van der Waals surface area (Å²) >= 11 is 3.48. The molecule has 136 valence electrons. The van der Waals surface area contributed by atoms with Crippen LogP contribution < -0.4 is 16.2 Å². The topological polar surface area (TPSA) is 105 Å². The third kappa shape index (κ3) is 3.93. The average molecular weight is 420 g/mol. The lowest BCUT2D eigenvalue weighted by molar-refractivity contribution is -0.139. The van der Waals surface area contributed by atoms with Crippen LogP contribution in [0.5, 0.6) is 0 Å². The Balaban J connectivity index is 1.60. The molecule has 0 spiro atoms. The minimum absolute atomic E-state index is 0.0749. The van der Waals surface area contributed by atoms with Gasteiger partial charge in [-0.25, -0.2) is 4.68 Å². The van der Waals surface area contributed by atoms with E-state index in [0.29, 0.717) is 5.56 Å². The maximum Gasteiger partial charge on any atom is 0.327 e. The number of hydrogen-bond acceptors (Lipinski definition) is 4. The van der Waals surface area contributed by atoms with Crippen molar-refractivity contribution >= 4 is 33.7 Å². The molecule has 0 aliphatic heterocycles. The first-order valence-electron chi connectivity index (χ1n) is 8.10. The predicted octanol–water partition coefficient (Wildman–Crippen LogP) is 1.29. The number of nitrogens with one attached hydrogen (secondary N) is 3. The lowest BCUT2D eigenvalue weighted by atomic mass is 10.2. The molecule has 1 heterocycles. The van der Waals surface area contributed by atoms with Gasteiger partial charge < -0.3 is 5.32 Å². The molecule has 2 aromatic rings. The van der Waals surface area contributed by atoms with Gasteiger partial charge in [0.1, 0.15) is 0 Å². The molecule has 9 heteroatoms. The van der Waals surface area contributed by atoms with E-state index in [1.54, 1.807) is 28.9 Å². The number of hydrazine groups is 1. The van der Waals surface area contributed by atoms with Gasteiger partial charge in [0, 0.05) is 11.6 Å². The molecule has 1 fully saturated rings. The van der Waals surface area contributed by atoms with Gasteiger partial charge in [0.25, 0.3) is 5.91 Å². The van der Waals surface area contributed by atoms with Crippen LogP contribution in [0.15, 0.2) is 28.7 Å². The maximum atomic E-state index is 12.1. The molecule has 1 saturated carbocycles. The minimum Gasteiger partial charge on any atom is -0.345 e. The monoisotopic (exact) mass is 419 g/mol. The van der Waals surface area contributed by atoms with Crippen LogP contribution >= 0.6 is 15.9 Å². The van der Waals surface area contributed by atoms with Gasteiger partial charge in [0.05, 0.1) is 21.5 Å². The molecule has 0 bridgehead atoms. The van der Waals surface area contributed by atoms with E-state index in [2.05, 4.69) is 37.2 Å². The quantitative estimate of drug-likeness (QED) is 0.514. The van der Waals surface area contributed by atoms with Crippen molar-refractivity contribution in [3.05, 3.63) is 45.7 Å². The summed E-state index contributed by atoms with van der Waals surface area (Å²) in [5.74, 6) is -2.16. The van der Waals surface area contributed by atoms with Crippen LogP contribution in [-0.2, 0) is 9.59 Å². The Hall–Kier alpha value is -2.68. The summed E-state index contributed by atoms with van der Waals surface area (Å²) in [6.45, 7) is 3.84. The number of aromatic nitrogens is 2. The number of halogens is 1. The summed E-state index contributed by atoms with van der Waals surface area (Å²) in [6, 6.07) is 6.81. The zero-order valence-corrected chi connectivity index (χ0v) is 15.9. The molecule has 0 saturated heterocycles. The highest BCUT2D eigenvalue weighted by molar-refractivity contribution is 9.10. The number of carbonyl (C=O) groups is 3. The van der Waals surface area contributed by atoms with Crippen LogP contribution in [0.4, 0.5) is 0 Å². The Morgan fingerprint density at radius 3 is 2.27 bits per heavy atom. The maximum absolute atomic E-state index is 12.1. The Labute approximate surface area is 158 Å². The van der Waals surface area contributed by atoms with E-state index < -0.39 is 17.7 Å². The molecule has 3 amide bonds. The van der Waals surface area contributed by atoms with E-state index in [0.717, 1.165) is 34.4 Å². The molecule has 26 heavy (non-hydrogen) atoms. The molecule has 0 atom stereocenters. The molecule has 1 aliphatic rings. The third-order valence-electron chi connectivity index (χ3n) is 3.99. The molecule has 0 unspecified atom stereocenters. The summed E-state index contributed by atoms with van der Waals surface area (Å²) in [7, 11) is 0. The number of rotatable bonds is 3. The van der Waals surface area contributed by atoms with Crippen molar-refractivity contribution < 1.29 is 14.4 Å². The van der Waals surface area contributed by atoms with Gasteiger partial charge >= 0.3 is 11.8 Å². The predicted molar refractivity (Wildman–Crippen MR) is 97.5 cm³/mol. The second kappa shape index (κ2) is 7.28. The fourth-order valence-electron chi connectivity index (χ4n) is 2.35. The zero-order valence-electron chi connectivity index (χ0n) is 14.3. The van der Waals surface area contributed by atoms with Crippen LogP contribution in [-0.4, -0.2) is 33.5 Å². The van der Waals surface area contributed by atoms with E-state index in [1.165, 1.54) is 0 Å². The number of amides is 3. The first kappa shape index (κ1) is 18.1. The van der Waals surface area contributed by atoms with E-state index in [4.69, 9.17) is 0 Å². The second-order valence-corrected chi connectivity index (χ2v) is 6.89. The summed E-state index contributed by atoms with van der Waals surface area (Å²) < 4.78 is 2.71. The Bertz CT molecular complexity index is 871. The molecule has 1 aliphatic carbocycles. The van der Waals surface area contributed by atoms with Crippen molar-refractivity contribution in [2.24, 2.45) is 0 Å². The first-order chi connectivity index (χ1) is 12.4. The number of nitrogens with zero attached hydrogens (tertiary/aromatic N) is 2. The van der Waals surface area contributed by atoms with Crippen LogP contribution in [0.3, 0.4) is 0 Å². The van der Waals surface area contributed by atoms with Gasteiger partial charge in [-0.3, -0.25) is 25.2 Å². The summed E-state index contributed by atoms with van der Waals surface area (Å²) in [4.78, 5) is 35.2. The van der Waals surface area contributed by atoms with Gasteiger partial charge in [-0.15, -0.1) is 0 Å². The van der Waals surface area contributed by atoms with Crippen molar-refractivity contribution in [2.75, 3.05) is 0 Å². The molecule has 1 aromatic heterocycles. The van der Waals surface area contributed by atoms with Crippen molar-refractivity contribution in [3.8, 4) is 5.69 Å². The van der Waals surface area contributed by atoms with Crippen molar-refractivity contribution in [2.45, 2.75) is 32.7 Å². The van der Waals surface area contributed by atoms with E-state index in [1.807, 2.05) is 13.8 Å². The van der Waals surface area contributed by atoms with Crippen LogP contribution in [0, 0.1) is 13.8 Å². The van der Waals surface area contributed by atoms with Crippen LogP contribution in [0.25, 0.3) is 5.69 Å². The fourth-order valence-corrected chi connectivity index (χ4v) is 2.60. The zero-order chi connectivity index (χ0) is 18.8. The van der Waals surface area contributed by atoms with Crippen molar-refractivity contribution in [3.63, 3.8) is 0 Å². The number of hydrogen-bond donors (Lipinski definition) is 3. The smallest absolute Gasteiger partial charge is 0.327 e. The van der Waals surface area contributed by atoms with Gasteiger partial charge in [0.15, 0.2) is 0 Å². The molecule has 8 nitrogen and oxygen atoms in total. The highest BCUT2D eigenvalue weighted by Crippen LogP contribution is 2.23.